The van der Waals surface area contributed by atoms with Crippen molar-refractivity contribution in [3.8, 4) is 5.88 Å². The van der Waals surface area contributed by atoms with Crippen LogP contribution < -0.4 is 10.2 Å². The second kappa shape index (κ2) is 6.18. The van der Waals surface area contributed by atoms with Crippen molar-refractivity contribution in [3.63, 3.8) is 0 Å². The first kappa shape index (κ1) is 15.0. The number of aromatic nitrogens is 4. The van der Waals surface area contributed by atoms with E-state index in [1.807, 2.05) is 29.9 Å². The molecule has 7 heteroatoms. The summed E-state index contributed by atoms with van der Waals surface area (Å²) in [6.07, 6.45) is 7.04. The third-order valence-corrected chi connectivity index (χ3v) is 4.16. The molecule has 4 heterocycles. The minimum Gasteiger partial charge on any atom is -0.476 e. The van der Waals surface area contributed by atoms with Gasteiger partial charge in [0.15, 0.2) is 6.23 Å². The predicted molar refractivity (Wildman–Crippen MR) is 87.6 cm³/mol. The van der Waals surface area contributed by atoms with Crippen LogP contribution in [0.15, 0.2) is 30.9 Å². The van der Waals surface area contributed by atoms with E-state index in [0.29, 0.717) is 12.5 Å². The second-order valence-electron chi connectivity index (χ2n) is 5.99. The van der Waals surface area contributed by atoms with E-state index in [0.717, 1.165) is 35.2 Å². The van der Waals surface area contributed by atoms with Crippen molar-refractivity contribution in [1.82, 2.24) is 25.1 Å². The minimum atomic E-state index is 0.103. The molecule has 1 N–H and O–H groups in total. The SMILES string of the molecule is Cc1ccc(CCOc2ncnn3cc(CC4NO4)c(C)c23)nc1. The van der Waals surface area contributed by atoms with Gasteiger partial charge in [-0.2, -0.15) is 15.6 Å². The van der Waals surface area contributed by atoms with Gasteiger partial charge in [0.1, 0.15) is 11.8 Å². The Hall–Kier alpha value is -2.51. The average Bonchev–Trinajstić information content (AvgIpc) is 3.34. The molecule has 0 aromatic carbocycles. The molecule has 1 saturated heterocycles. The van der Waals surface area contributed by atoms with Gasteiger partial charge in [0.2, 0.25) is 5.88 Å². The van der Waals surface area contributed by atoms with Crippen LogP contribution in [-0.2, 0) is 17.7 Å². The summed E-state index contributed by atoms with van der Waals surface area (Å²) in [5.74, 6) is 0.602. The molecular weight excluding hydrogens is 306 g/mol. The Labute approximate surface area is 139 Å². The summed E-state index contributed by atoms with van der Waals surface area (Å²) in [4.78, 5) is 13.8. The van der Waals surface area contributed by atoms with Crippen LogP contribution in [0.1, 0.15) is 22.4 Å². The molecule has 1 atom stereocenters. The molecule has 0 amide bonds. The maximum atomic E-state index is 5.91. The summed E-state index contributed by atoms with van der Waals surface area (Å²) < 4.78 is 7.73. The van der Waals surface area contributed by atoms with Crippen molar-refractivity contribution < 1.29 is 9.57 Å². The molecule has 0 saturated carbocycles. The number of pyridine rings is 1. The highest BCUT2D eigenvalue weighted by Gasteiger charge is 2.25. The first-order valence-corrected chi connectivity index (χ1v) is 7.98. The maximum Gasteiger partial charge on any atom is 0.241 e. The van der Waals surface area contributed by atoms with Crippen LogP contribution in [0, 0.1) is 13.8 Å². The summed E-state index contributed by atoms with van der Waals surface area (Å²) in [6.45, 7) is 4.61. The Morgan fingerprint density at radius 3 is 2.92 bits per heavy atom. The Balaban J connectivity index is 1.50. The molecule has 3 aromatic heterocycles. The number of nitrogens with one attached hydrogen (secondary N) is 1. The van der Waals surface area contributed by atoms with Crippen molar-refractivity contribution in [2.75, 3.05) is 6.61 Å². The zero-order chi connectivity index (χ0) is 16.5. The number of hydrogen-bond acceptors (Lipinski definition) is 6. The van der Waals surface area contributed by atoms with Crippen LogP contribution in [0.4, 0.5) is 0 Å². The number of rotatable bonds is 6. The Morgan fingerprint density at radius 2 is 2.17 bits per heavy atom. The van der Waals surface area contributed by atoms with E-state index in [-0.39, 0.29) is 6.23 Å². The molecule has 7 nitrogen and oxygen atoms in total. The fraction of sp³-hybridized carbons (Fsp3) is 0.353. The zero-order valence-corrected chi connectivity index (χ0v) is 13.7. The number of hydroxylamine groups is 1. The number of hydrogen-bond donors (Lipinski definition) is 1. The van der Waals surface area contributed by atoms with E-state index in [9.17, 15) is 0 Å². The lowest BCUT2D eigenvalue weighted by Crippen LogP contribution is -2.06. The molecular formula is C17H19N5O2. The average molecular weight is 325 g/mol. The molecule has 1 aliphatic rings. The monoisotopic (exact) mass is 325 g/mol. The fourth-order valence-corrected chi connectivity index (χ4v) is 2.72. The van der Waals surface area contributed by atoms with E-state index < -0.39 is 0 Å². The van der Waals surface area contributed by atoms with Gasteiger partial charge < -0.3 is 4.74 Å². The Kier molecular flexibility index (Phi) is 3.87. The Morgan fingerprint density at radius 1 is 1.29 bits per heavy atom. The van der Waals surface area contributed by atoms with Crippen LogP contribution in [0.3, 0.4) is 0 Å². The summed E-state index contributed by atoms with van der Waals surface area (Å²) in [5, 5.41) is 4.28. The fourth-order valence-electron chi connectivity index (χ4n) is 2.72. The van der Waals surface area contributed by atoms with Crippen molar-refractivity contribution in [2.45, 2.75) is 32.9 Å². The van der Waals surface area contributed by atoms with E-state index in [4.69, 9.17) is 9.57 Å². The van der Waals surface area contributed by atoms with Crippen molar-refractivity contribution >= 4 is 5.52 Å². The largest absolute Gasteiger partial charge is 0.476 e. The third-order valence-electron chi connectivity index (χ3n) is 4.16. The summed E-state index contributed by atoms with van der Waals surface area (Å²) in [7, 11) is 0. The standard InChI is InChI=1S/C17H19N5O2/c1-11-3-4-14(18-8-11)5-6-23-17-16-12(2)13(7-15-21-24-15)9-22(16)20-10-19-17/h3-4,8-10,15,21H,5-7H2,1-2H3. The number of aryl methyl sites for hydroxylation is 2. The van der Waals surface area contributed by atoms with Gasteiger partial charge in [-0.15, -0.1) is 0 Å². The quantitative estimate of drug-likeness (QED) is 0.695. The third kappa shape index (κ3) is 3.08. The molecule has 1 aliphatic heterocycles. The summed E-state index contributed by atoms with van der Waals surface area (Å²) >= 11 is 0. The first-order chi connectivity index (χ1) is 11.7. The number of nitrogens with zero attached hydrogens (tertiary/aromatic N) is 4. The lowest BCUT2D eigenvalue weighted by atomic mass is 10.1. The van der Waals surface area contributed by atoms with Crippen LogP contribution in [0.25, 0.3) is 5.52 Å². The molecule has 124 valence electrons. The van der Waals surface area contributed by atoms with Gasteiger partial charge in [-0.25, -0.2) is 4.52 Å². The van der Waals surface area contributed by atoms with Crippen LogP contribution in [-0.4, -0.2) is 32.4 Å². The topological polar surface area (TPSA) is 86.8 Å². The Bertz CT molecular complexity index is 855. The van der Waals surface area contributed by atoms with Crippen LogP contribution >= 0.6 is 0 Å². The molecule has 4 rings (SSSR count). The van der Waals surface area contributed by atoms with E-state index in [2.05, 4.69) is 33.5 Å². The van der Waals surface area contributed by atoms with Gasteiger partial charge in [0.25, 0.3) is 0 Å². The summed E-state index contributed by atoms with van der Waals surface area (Å²) in [5.41, 5.74) is 8.21. The lowest BCUT2D eigenvalue weighted by Gasteiger charge is -2.07. The highest BCUT2D eigenvalue weighted by molar-refractivity contribution is 5.64. The van der Waals surface area contributed by atoms with Gasteiger partial charge in [-0.05, 0) is 36.6 Å². The predicted octanol–water partition coefficient (Wildman–Crippen LogP) is 1.77. The number of fused-ring (bicyclic) bond motifs is 1. The van der Waals surface area contributed by atoms with Crippen molar-refractivity contribution in [2.24, 2.45) is 0 Å². The molecule has 0 radical (unpaired) electrons. The van der Waals surface area contributed by atoms with Gasteiger partial charge in [0.05, 0.1) is 6.61 Å². The van der Waals surface area contributed by atoms with Crippen molar-refractivity contribution in [1.29, 1.82) is 0 Å². The molecule has 24 heavy (non-hydrogen) atoms. The van der Waals surface area contributed by atoms with E-state index in [1.165, 1.54) is 11.9 Å². The van der Waals surface area contributed by atoms with Crippen LogP contribution in [0.5, 0.6) is 5.88 Å². The molecule has 3 aromatic rings. The maximum absolute atomic E-state index is 5.91. The van der Waals surface area contributed by atoms with Gasteiger partial charge in [-0.3, -0.25) is 9.82 Å². The zero-order valence-electron chi connectivity index (χ0n) is 13.7. The molecule has 0 bridgehead atoms. The minimum absolute atomic E-state index is 0.103. The number of ether oxygens (including phenoxy) is 1. The highest BCUT2D eigenvalue weighted by Crippen LogP contribution is 2.26. The molecule has 1 fully saturated rings. The van der Waals surface area contributed by atoms with Crippen LogP contribution in [0.2, 0.25) is 0 Å². The lowest BCUT2D eigenvalue weighted by molar-refractivity contribution is 0.309. The van der Waals surface area contributed by atoms with Gasteiger partial charge in [0, 0.05) is 30.9 Å². The first-order valence-electron chi connectivity index (χ1n) is 7.98. The van der Waals surface area contributed by atoms with Gasteiger partial charge >= 0.3 is 0 Å². The highest BCUT2D eigenvalue weighted by atomic mass is 16.8. The molecule has 1 unspecified atom stereocenters. The van der Waals surface area contributed by atoms with E-state index >= 15 is 0 Å². The normalized spacial score (nSPS) is 16.5. The molecule has 0 aliphatic carbocycles. The van der Waals surface area contributed by atoms with E-state index in [1.54, 1.807) is 0 Å². The summed E-state index contributed by atoms with van der Waals surface area (Å²) in [6, 6.07) is 4.08. The second-order valence-corrected chi connectivity index (χ2v) is 5.99. The molecule has 0 spiro atoms. The van der Waals surface area contributed by atoms with Crippen molar-refractivity contribution in [3.05, 3.63) is 53.2 Å². The van der Waals surface area contributed by atoms with Gasteiger partial charge in [-0.1, -0.05) is 6.07 Å². The smallest absolute Gasteiger partial charge is 0.241 e.